The fourth-order valence-electron chi connectivity index (χ4n) is 2.26. The molecule has 2 rings (SSSR count). The quantitative estimate of drug-likeness (QED) is 0.782. The highest BCUT2D eigenvalue weighted by Gasteiger charge is 2.17. The minimum atomic E-state index is 0. The first kappa shape index (κ1) is 18.8. The van der Waals surface area contributed by atoms with Crippen LogP contribution in [0.1, 0.15) is 18.5 Å². The Labute approximate surface area is 144 Å². The molecule has 0 radical (unpaired) electrons. The zero-order valence-electron chi connectivity index (χ0n) is 13.2. The second-order valence-corrected chi connectivity index (χ2v) is 5.85. The third-order valence-corrected chi connectivity index (χ3v) is 3.80. The van der Waals surface area contributed by atoms with E-state index in [0.717, 1.165) is 23.9 Å². The van der Waals surface area contributed by atoms with Crippen LogP contribution in [0.15, 0.2) is 48.7 Å². The molecule has 0 aliphatic carbocycles. The van der Waals surface area contributed by atoms with Crippen LogP contribution in [0.25, 0.3) is 0 Å². The normalized spacial score (nSPS) is 11.9. The molecule has 0 aliphatic heterocycles. The average Bonchev–Trinajstić information content (AvgIpc) is 2.49. The minimum absolute atomic E-state index is 0. The number of likely N-dealkylation sites (N-methyl/N-ethyl adjacent to an activating group) is 1. The van der Waals surface area contributed by atoms with Gasteiger partial charge in [-0.15, -0.1) is 12.4 Å². The summed E-state index contributed by atoms with van der Waals surface area (Å²) in [5, 5.41) is 0.767. The molecule has 0 N–H and O–H groups in total. The number of pyridine rings is 1. The van der Waals surface area contributed by atoms with Gasteiger partial charge in [-0.25, -0.2) is 4.98 Å². The first-order valence-electron chi connectivity index (χ1n) is 7.16. The van der Waals surface area contributed by atoms with Crippen molar-refractivity contribution in [2.24, 2.45) is 0 Å². The summed E-state index contributed by atoms with van der Waals surface area (Å²) in [5.74, 6) is 1.00. The van der Waals surface area contributed by atoms with Crippen LogP contribution < -0.4 is 4.90 Å². The summed E-state index contributed by atoms with van der Waals surface area (Å²) in [6, 6.07) is 14.3. The van der Waals surface area contributed by atoms with E-state index >= 15 is 0 Å². The fourth-order valence-corrected chi connectivity index (χ4v) is 2.39. The van der Waals surface area contributed by atoms with E-state index in [1.165, 1.54) is 5.56 Å². The lowest BCUT2D eigenvalue weighted by Crippen LogP contribution is -2.34. The van der Waals surface area contributed by atoms with Crippen molar-refractivity contribution in [3.63, 3.8) is 0 Å². The van der Waals surface area contributed by atoms with Crippen molar-refractivity contribution in [2.45, 2.75) is 13.0 Å². The molecule has 0 fully saturated rings. The van der Waals surface area contributed by atoms with Crippen LogP contribution in [0.5, 0.6) is 0 Å². The molecule has 120 valence electrons. The topological polar surface area (TPSA) is 19.4 Å². The summed E-state index contributed by atoms with van der Waals surface area (Å²) in [4.78, 5) is 9.01. The first-order chi connectivity index (χ1) is 10.1. The van der Waals surface area contributed by atoms with Crippen molar-refractivity contribution in [3.05, 3.63) is 59.2 Å². The first-order valence-corrected chi connectivity index (χ1v) is 7.53. The maximum atomic E-state index is 5.98. The van der Waals surface area contributed by atoms with E-state index < -0.39 is 0 Å². The largest absolute Gasteiger partial charge is 0.349 e. The minimum Gasteiger partial charge on any atom is -0.349 e. The van der Waals surface area contributed by atoms with E-state index in [2.05, 4.69) is 54.0 Å². The van der Waals surface area contributed by atoms with Crippen LogP contribution in [0.4, 0.5) is 5.82 Å². The van der Waals surface area contributed by atoms with E-state index in [4.69, 9.17) is 11.6 Å². The van der Waals surface area contributed by atoms with Crippen molar-refractivity contribution >= 4 is 29.8 Å². The molecule has 2 aromatic rings. The van der Waals surface area contributed by atoms with Crippen LogP contribution in [0.2, 0.25) is 5.02 Å². The molecule has 22 heavy (non-hydrogen) atoms. The molecule has 0 aliphatic rings. The van der Waals surface area contributed by atoms with Gasteiger partial charge in [0.05, 0.1) is 6.04 Å². The van der Waals surface area contributed by atoms with Crippen LogP contribution in [0, 0.1) is 0 Å². The predicted molar refractivity (Wildman–Crippen MR) is 97.3 cm³/mol. The smallest absolute Gasteiger partial charge is 0.129 e. The van der Waals surface area contributed by atoms with Gasteiger partial charge in [-0.2, -0.15) is 0 Å². The second kappa shape index (κ2) is 8.99. The van der Waals surface area contributed by atoms with Gasteiger partial charge in [0.25, 0.3) is 0 Å². The van der Waals surface area contributed by atoms with Gasteiger partial charge in [-0.05, 0) is 50.8 Å². The molecule has 0 saturated heterocycles. The Morgan fingerprint density at radius 2 is 1.73 bits per heavy atom. The second-order valence-electron chi connectivity index (χ2n) is 5.41. The molecule has 1 unspecified atom stereocenters. The van der Waals surface area contributed by atoms with Gasteiger partial charge in [0.1, 0.15) is 5.82 Å². The zero-order chi connectivity index (χ0) is 15.2. The van der Waals surface area contributed by atoms with Gasteiger partial charge in [0, 0.05) is 24.3 Å². The Morgan fingerprint density at radius 1 is 1.05 bits per heavy atom. The number of hydrogen-bond acceptors (Lipinski definition) is 3. The van der Waals surface area contributed by atoms with Gasteiger partial charge in [0.2, 0.25) is 0 Å². The van der Waals surface area contributed by atoms with Crippen LogP contribution >= 0.6 is 24.0 Å². The molecule has 0 amide bonds. The number of nitrogens with zero attached hydrogens (tertiary/aromatic N) is 3. The van der Waals surface area contributed by atoms with E-state index in [9.17, 15) is 0 Å². The third-order valence-electron chi connectivity index (χ3n) is 3.55. The lowest BCUT2D eigenvalue weighted by atomic mass is 10.1. The summed E-state index contributed by atoms with van der Waals surface area (Å²) in [5.41, 5.74) is 1.24. The highest BCUT2D eigenvalue weighted by molar-refractivity contribution is 6.30. The van der Waals surface area contributed by atoms with Gasteiger partial charge in [-0.3, -0.25) is 0 Å². The van der Waals surface area contributed by atoms with Gasteiger partial charge in [0.15, 0.2) is 0 Å². The van der Waals surface area contributed by atoms with Gasteiger partial charge >= 0.3 is 0 Å². The molecule has 1 atom stereocenters. The number of benzene rings is 1. The number of aromatic nitrogens is 1. The Bertz CT molecular complexity index is 544. The Morgan fingerprint density at radius 3 is 2.27 bits per heavy atom. The molecule has 0 spiro atoms. The number of rotatable bonds is 6. The summed E-state index contributed by atoms with van der Waals surface area (Å²) < 4.78 is 0. The molecule has 1 aromatic heterocycles. The van der Waals surface area contributed by atoms with E-state index in [-0.39, 0.29) is 18.4 Å². The molecular weight excluding hydrogens is 317 g/mol. The Hall–Kier alpha value is -1.29. The third kappa shape index (κ3) is 5.16. The predicted octanol–water partition coefficient (Wildman–Crippen LogP) is 4.29. The van der Waals surface area contributed by atoms with Gasteiger partial charge < -0.3 is 9.80 Å². The van der Waals surface area contributed by atoms with E-state index in [0.29, 0.717) is 0 Å². The van der Waals surface area contributed by atoms with E-state index in [1.807, 2.05) is 30.5 Å². The Balaban J connectivity index is 0.00000242. The van der Waals surface area contributed by atoms with Crippen molar-refractivity contribution in [1.29, 1.82) is 0 Å². The number of anilines is 1. The SMILES string of the molecule is CC(c1ccc(Cl)cc1)N(CCN(C)C)c1ccccn1.Cl. The van der Waals surface area contributed by atoms with Crippen molar-refractivity contribution in [1.82, 2.24) is 9.88 Å². The lowest BCUT2D eigenvalue weighted by molar-refractivity contribution is 0.406. The standard InChI is InChI=1S/C17H22ClN3.ClH/c1-14(15-7-9-16(18)10-8-15)21(13-12-20(2)3)17-6-4-5-11-19-17;/h4-11,14H,12-13H2,1-3H3;1H. The molecule has 5 heteroatoms. The monoisotopic (exact) mass is 339 g/mol. The number of halogens is 2. The summed E-state index contributed by atoms with van der Waals surface area (Å²) in [6.07, 6.45) is 1.84. The number of hydrogen-bond donors (Lipinski definition) is 0. The molecule has 0 saturated carbocycles. The van der Waals surface area contributed by atoms with Crippen molar-refractivity contribution < 1.29 is 0 Å². The summed E-state index contributed by atoms with van der Waals surface area (Å²) in [6.45, 7) is 4.11. The van der Waals surface area contributed by atoms with Crippen LogP contribution in [0.3, 0.4) is 0 Å². The zero-order valence-corrected chi connectivity index (χ0v) is 14.8. The summed E-state index contributed by atoms with van der Waals surface area (Å²) in [7, 11) is 4.17. The average molecular weight is 340 g/mol. The highest BCUT2D eigenvalue weighted by Crippen LogP contribution is 2.26. The molecule has 1 aromatic carbocycles. The van der Waals surface area contributed by atoms with E-state index in [1.54, 1.807) is 0 Å². The van der Waals surface area contributed by atoms with Crippen LogP contribution in [-0.4, -0.2) is 37.1 Å². The van der Waals surface area contributed by atoms with Crippen molar-refractivity contribution in [3.8, 4) is 0 Å². The summed E-state index contributed by atoms with van der Waals surface area (Å²) >= 11 is 5.98. The maximum absolute atomic E-state index is 5.98. The maximum Gasteiger partial charge on any atom is 0.129 e. The van der Waals surface area contributed by atoms with Crippen LogP contribution in [-0.2, 0) is 0 Å². The molecular formula is C17H23Cl2N3. The molecule has 3 nitrogen and oxygen atoms in total. The van der Waals surface area contributed by atoms with Crippen molar-refractivity contribution in [2.75, 3.05) is 32.1 Å². The highest BCUT2D eigenvalue weighted by atomic mass is 35.5. The Kier molecular flexibility index (Phi) is 7.66. The van der Waals surface area contributed by atoms with Gasteiger partial charge in [-0.1, -0.05) is 29.8 Å². The molecule has 0 bridgehead atoms. The lowest BCUT2D eigenvalue weighted by Gasteiger charge is -2.31. The fraction of sp³-hybridized carbons (Fsp3) is 0.353. The molecule has 1 heterocycles.